The van der Waals surface area contributed by atoms with E-state index in [1.54, 1.807) is 11.8 Å². The summed E-state index contributed by atoms with van der Waals surface area (Å²) in [5, 5.41) is 9.35. The average molecular weight is 291 g/mol. The van der Waals surface area contributed by atoms with Gasteiger partial charge in [-0.25, -0.2) is 9.97 Å². The minimum atomic E-state index is -0.873. The second kappa shape index (κ2) is 5.79. The second-order valence-corrected chi connectivity index (χ2v) is 6.17. The molecular weight excluding hydrogens is 270 g/mol. The minimum Gasteiger partial charge on any atom is -0.481 e. The fourth-order valence-corrected chi connectivity index (χ4v) is 2.72. The number of likely N-dealkylation sites (tertiary alicyclic amines) is 1. The van der Waals surface area contributed by atoms with Crippen molar-refractivity contribution < 1.29 is 14.7 Å². The van der Waals surface area contributed by atoms with Gasteiger partial charge in [-0.15, -0.1) is 0 Å². The van der Waals surface area contributed by atoms with E-state index < -0.39 is 11.4 Å². The minimum absolute atomic E-state index is 0.114. The highest BCUT2D eigenvalue weighted by molar-refractivity contribution is 5.95. The van der Waals surface area contributed by atoms with Gasteiger partial charge in [-0.1, -0.05) is 13.8 Å². The first kappa shape index (κ1) is 15.4. The first-order chi connectivity index (χ1) is 9.85. The van der Waals surface area contributed by atoms with Gasteiger partial charge in [0, 0.05) is 19.3 Å². The molecule has 114 valence electrons. The Kier molecular flexibility index (Phi) is 4.25. The molecule has 0 aromatic carbocycles. The fraction of sp³-hybridized carbons (Fsp3) is 0.600. The molecule has 2 rings (SSSR count). The van der Waals surface area contributed by atoms with E-state index in [1.807, 2.05) is 13.8 Å². The zero-order valence-electron chi connectivity index (χ0n) is 12.7. The van der Waals surface area contributed by atoms with Gasteiger partial charge in [-0.2, -0.15) is 0 Å². The van der Waals surface area contributed by atoms with Crippen molar-refractivity contribution in [1.29, 1.82) is 0 Å². The monoisotopic (exact) mass is 291 g/mol. The summed E-state index contributed by atoms with van der Waals surface area (Å²) in [6.45, 7) is 6.44. The Morgan fingerprint density at radius 1 is 1.43 bits per heavy atom. The van der Waals surface area contributed by atoms with E-state index in [-0.39, 0.29) is 18.4 Å². The lowest BCUT2D eigenvalue weighted by Crippen LogP contribution is -2.48. The van der Waals surface area contributed by atoms with Gasteiger partial charge in [0.25, 0.3) is 5.91 Å². The number of aromatic nitrogens is 2. The molecule has 1 atom stereocenters. The van der Waals surface area contributed by atoms with E-state index in [0.29, 0.717) is 30.6 Å². The van der Waals surface area contributed by atoms with Crippen LogP contribution in [0.15, 0.2) is 12.5 Å². The number of nitrogens with zero attached hydrogens (tertiary/aromatic N) is 3. The maximum absolute atomic E-state index is 12.7. The van der Waals surface area contributed by atoms with Gasteiger partial charge in [0.15, 0.2) is 0 Å². The molecule has 6 heteroatoms. The van der Waals surface area contributed by atoms with E-state index >= 15 is 0 Å². The van der Waals surface area contributed by atoms with Crippen LogP contribution in [0.1, 0.15) is 55.6 Å². The first-order valence-electron chi connectivity index (χ1n) is 7.18. The number of amides is 1. The van der Waals surface area contributed by atoms with E-state index in [1.165, 1.54) is 12.5 Å². The zero-order valence-corrected chi connectivity index (χ0v) is 12.7. The van der Waals surface area contributed by atoms with Crippen molar-refractivity contribution >= 4 is 11.9 Å². The smallest absolute Gasteiger partial charge is 0.311 e. The number of carbonyl (C=O) groups is 2. The molecule has 1 aliphatic rings. The summed E-state index contributed by atoms with van der Waals surface area (Å²) in [6, 6.07) is 0. The van der Waals surface area contributed by atoms with Crippen molar-refractivity contribution in [3.8, 4) is 0 Å². The summed E-state index contributed by atoms with van der Waals surface area (Å²) in [6.07, 6.45) is 4.24. The van der Waals surface area contributed by atoms with Crippen LogP contribution in [0.5, 0.6) is 0 Å². The molecule has 1 saturated heterocycles. The molecule has 1 amide bonds. The number of carbonyl (C=O) groups excluding carboxylic acids is 1. The highest BCUT2D eigenvalue weighted by Gasteiger charge is 2.40. The van der Waals surface area contributed by atoms with Gasteiger partial charge in [0.2, 0.25) is 0 Å². The Morgan fingerprint density at radius 3 is 2.76 bits per heavy atom. The fourth-order valence-electron chi connectivity index (χ4n) is 2.72. The number of piperidine rings is 1. The van der Waals surface area contributed by atoms with E-state index in [4.69, 9.17) is 0 Å². The van der Waals surface area contributed by atoms with E-state index in [0.717, 1.165) is 0 Å². The summed E-state index contributed by atoms with van der Waals surface area (Å²) in [7, 11) is 0. The summed E-state index contributed by atoms with van der Waals surface area (Å²) in [5.41, 5.74) is 0.307. The largest absolute Gasteiger partial charge is 0.481 e. The molecule has 0 saturated carbocycles. The summed E-state index contributed by atoms with van der Waals surface area (Å²) in [4.78, 5) is 33.8. The second-order valence-electron chi connectivity index (χ2n) is 6.17. The van der Waals surface area contributed by atoms with Crippen LogP contribution in [-0.4, -0.2) is 44.9 Å². The Morgan fingerprint density at radius 2 is 2.14 bits per heavy atom. The molecule has 1 aliphatic heterocycles. The normalized spacial score (nSPS) is 22.4. The van der Waals surface area contributed by atoms with Crippen molar-refractivity contribution in [3.05, 3.63) is 23.8 Å². The number of hydrogen-bond donors (Lipinski definition) is 1. The average Bonchev–Trinajstić information content (AvgIpc) is 2.46. The van der Waals surface area contributed by atoms with E-state index in [2.05, 4.69) is 9.97 Å². The molecule has 0 radical (unpaired) electrons. The molecule has 6 nitrogen and oxygen atoms in total. The van der Waals surface area contributed by atoms with Crippen molar-refractivity contribution in [2.75, 3.05) is 13.1 Å². The summed E-state index contributed by atoms with van der Waals surface area (Å²) in [5.74, 6) is -0.914. The third kappa shape index (κ3) is 3.04. The zero-order chi connectivity index (χ0) is 15.6. The maximum atomic E-state index is 12.7. The van der Waals surface area contributed by atoms with Crippen LogP contribution < -0.4 is 0 Å². The van der Waals surface area contributed by atoms with Crippen LogP contribution in [0.2, 0.25) is 0 Å². The molecule has 21 heavy (non-hydrogen) atoms. The number of hydrogen-bond acceptors (Lipinski definition) is 4. The molecule has 2 heterocycles. The van der Waals surface area contributed by atoms with Crippen molar-refractivity contribution in [2.45, 2.75) is 39.5 Å². The maximum Gasteiger partial charge on any atom is 0.311 e. The van der Waals surface area contributed by atoms with Gasteiger partial charge in [-0.05, 0) is 25.7 Å². The van der Waals surface area contributed by atoms with Gasteiger partial charge >= 0.3 is 5.97 Å². The van der Waals surface area contributed by atoms with Crippen molar-refractivity contribution in [1.82, 2.24) is 14.9 Å². The van der Waals surface area contributed by atoms with Crippen LogP contribution in [0, 0.1) is 5.41 Å². The van der Waals surface area contributed by atoms with Gasteiger partial charge in [-0.3, -0.25) is 9.59 Å². The van der Waals surface area contributed by atoms with Crippen LogP contribution in [-0.2, 0) is 4.79 Å². The predicted octanol–water partition coefficient (Wildman–Crippen LogP) is 1.93. The molecule has 1 aromatic rings. The van der Waals surface area contributed by atoms with Crippen LogP contribution in [0.3, 0.4) is 0 Å². The number of carboxylic acids is 1. The number of rotatable bonds is 3. The Bertz CT molecular complexity index is 559. The molecule has 1 N–H and O–H groups in total. The molecule has 1 aromatic heterocycles. The lowest BCUT2D eigenvalue weighted by atomic mass is 9.82. The predicted molar refractivity (Wildman–Crippen MR) is 77.0 cm³/mol. The SMILES string of the molecule is CC(C)c1ncncc1C(=O)N1CCCC(C)(C(=O)O)C1. The molecule has 0 bridgehead atoms. The van der Waals surface area contributed by atoms with E-state index in [9.17, 15) is 14.7 Å². The standard InChI is InChI=1S/C15H21N3O3/c1-10(2)12-11(7-16-9-17-12)13(19)18-6-4-5-15(3,8-18)14(20)21/h7,9-10H,4-6,8H2,1-3H3,(H,20,21). The molecular formula is C15H21N3O3. The number of carboxylic acid groups (broad SMARTS) is 1. The Labute approximate surface area is 124 Å². The third-order valence-electron chi connectivity index (χ3n) is 4.02. The molecule has 1 fully saturated rings. The quantitative estimate of drug-likeness (QED) is 0.920. The topological polar surface area (TPSA) is 83.4 Å². The highest BCUT2D eigenvalue weighted by atomic mass is 16.4. The Hall–Kier alpha value is -1.98. The van der Waals surface area contributed by atoms with Crippen LogP contribution >= 0.6 is 0 Å². The Balaban J connectivity index is 2.26. The lowest BCUT2D eigenvalue weighted by Gasteiger charge is -2.37. The van der Waals surface area contributed by atoms with Crippen molar-refractivity contribution in [2.24, 2.45) is 5.41 Å². The molecule has 1 unspecified atom stereocenters. The molecule has 0 aliphatic carbocycles. The summed E-state index contributed by atoms with van der Waals surface area (Å²) < 4.78 is 0. The number of aliphatic carboxylic acids is 1. The van der Waals surface area contributed by atoms with Crippen LogP contribution in [0.4, 0.5) is 0 Å². The van der Waals surface area contributed by atoms with Gasteiger partial charge < -0.3 is 10.0 Å². The van der Waals surface area contributed by atoms with Crippen LogP contribution in [0.25, 0.3) is 0 Å². The van der Waals surface area contributed by atoms with Gasteiger partial charge in [0.1, 0.15) is 6.33 Å². The summed E-state index contributed by atoms with van der Waals surface area (Å²) >= 11 is 0. The first-order valence-corrected chi connectivity index (χ1v) is 7.18. The van der Waals surface area contributed by atoms with Crippen molar-refractivity contribution in [3.63, 3.8) is 0 Å². The lowest BCUT2D eigenvalue weighted by molar-refractivity contribution is -0.150. The molecule has 0 spiro atoms. The third-order valence-corrected chi connectivity index (χ3v) is 4.02. The highest BCUT2D eigenvalue weighted by Crippen LogP contribution is 2.31. The van der Waals surface area contributed by atoms with Gasteiger partial charge in [0.05, 0.1) is 16.7 Å².